The maximum atomic E-state index is 12.3. The number of carboxylic acid groups (broad SMARTS) is 1. The van der Waals surface area contributed by atoms with E-state index in [0.29, 0.717) is 11.5 Å². The van der Waals surface area contributed by atoms with Crippen molar-refractivity contribution in [3.8, 4) is 10.4 Å². The molecule has 2 unspecified atom stereocenters. The predicted octanol–water partition coefficient (Wildman–Crippen LogP) is 7.30. The van der Waals surface area contributed by atoms with Gasteiger partial charge in [-0.3, -0.25) is 9.59 Å². The van der Waals surface area contributed by atoms with Crippen LogP contribution in [0.1, 0.15) is 72.8 Å². The molecule has 0 spiro atoms. The van der Waals surface area contributed by atoms with Crippen LogP contribution in [0.5, 0.6) is 0 Å². The molecule has 6 heteroatoms. The Morgan fingerprint density at radius 3 is 2.40 bits per heavy atom. The van der Waals surface area contributed by atoms with Crippen LogP contribution in [0.15, 0.2) is 60.7 Å². The maximum absolute atomic E-state index is 12.3. The second-order valence-corrected chi connectivity index (χ2v) is 10.3. The van der Waals surface area contributed by atoms with Gasteiger partial charge in [0.25, 0.3) is 5.91 Å². The van der Waals surface area contributed by atoms with Crippen molar-refractivity contribution in [3.05, 3.63) is 76.7 Å². The zero-order valence-electron chi connectivity index (χ0n) is 20.8. The van der Waals surface area contributed by atoms with Crippen LogP contribution in [0.2, 0.25) is 0 Å². The smallest absolute Gasteiger partial charge is 0.305 e. The molecule has 1 aromatic heterocycles. The topological polar surface area (TPSA) is 78.4 Å². The third-order valence-corrected chi connectivity index (χ3v) is 7.39. The Morgan fingerprint density at radius 1 is 1.03 bits per heavy atom. The lowest BCUT2D eigenvalue weighted by Gasteiger charge is -2.27. The molecule has 0 radical (unpaired) electrons. The number of nitrogens with one attached hydrogen (secondary N) is 2. The molecule has 0 fully saturated rings. The zero-order valence-corrected chi connectivity index (χ0v) is 21.7. The lowest BCUT2D eigenvalue weighted by molar-refractivity contribution is -0.136. The largest absolute Gasteiger partial charge is 0.481 e. The molecule has 1 amide bonds. The molecule has 3 aromatic rings. The molecule has 5 nitrogen and oxygen atoms in total. The summed E-state index contributed by atoms with van der Waals surface area (Å²) in [5.41, 5.74) is 4.05. The van der Waals surface area contributed by atoms with Crippen LogP contribution < -0.4 is 10.6 Å². The van der Waals surface area contributed by atoms with Gasteiger partial charge in [0.1, 0.15) is 0 Å². The number of benzene rings is 2. The first-order valence-electron chi connectivity index (χ1n) is 12.4. The summed E-state index contributed by atoms with van der Waals surface area (Å²) >= 11 is 1.83. The summed E-state index contributed by atoms with van der Waals surface area (Å²) in [5.74, 6) is -0.746. The molecule has 0 saturated heterocycles. The van der Waals surface area contributed by atoms with E-state index in [-0.39, 0.29) is 24.9 Å². The zero-order chi connectivity index (χ0) is 25.2. The summed E-state index contributed by atoms with van der Waals surface area (Å²) in [4.78, 5) is 25.6. The third-order valence-electron chi connectivity index (χ3n) is 6.28. The Bertz CT molecular complexity index is 1090. The minimum atomic E-state index is -0.928. The van der Waals surface area contributed by atoms with Gasteiger partial charge in [-0.25, -0.2) is 0 Å². The number of aliphatic carboxylic acids is 1. The number of hydrogen-bond donors (Lipinski definition) is 3. The summed E-state index contributed by atoms with van der Waals surface area (Å²) in [6.07, 6.45) is 4.70. The van der Waals surface area contributed by atoms with Crippen LogP contribution in [0.3, 0.4) is 0 Å². The van der Waals surface area contributed by atoms with Crippen molar-refractivity contribution in [1.29, 1.82) is 0 Å². The van der Waals surface area contributed by atoms with Gasteiger partial charge in [0.05, 0.1) is 12.5 Å². The summed E-state index contributed by atoms with van der Waals surface area (Å²) in [5, 5.41) is 15.2. The number of hydrogen-bond acceptors (Lipinski definition) is 4. The quantitative estimate of drug-likeness (QED) is 0.219. The van der Waals surface area contributed by atoms with Crippen LogP contribution in [-0.2, 0) is 4.79 Å². The van der Waals surface area contributed by atoms with E-state index in [1.165, 1.54) is 40.1 Å². The van der Waals surface area contributed by atoms with Gasteiger partial charge in [-0.05, 0) is 60.7 Å². The summed E-state index contributed by atoms with van der Waals surface area (Å²) in [6, 6.07) is 20.4. The highest BCUT2D eigenvalue weighted by atomic mass is 32.1. The van der Waals surface area contributed by atoms with E-state index in [1.54, 1.807) is 12.1 Å². The van der Waals surface area contributed by atoms with Gasteiger partial charge in [-0.2, -0.15) is 0 Å². The maximum Gasteiger partial charge on any atom is 0.305 e. The van der Waals surface area contributed by atoms with Crippen LogP contribution in [0, 0.1) is 12.8 Å². The molecule has 3 N–H and O–H groups in total. The molecule has 0 bridgehead atoms. The van der Waals surface area contributed by atoms with Crippen LogP contribution >= 0.6 is 11.3 Å². The standard InChI is InChI=1S/C29H36N2O3S/c1-4-5-7-10-20(2)28(25-19-26(35-21(25)3)22-11-8-6-9-12-22)31-24-15-13-23(14-16-24)29(34)30-18-17-27(32)33/h6,8-9,11-16,19-20,28,31H,4-5,7,10,17-18H2,1-3H3,(H,30,34)(H,32,33). The van der Waals surface area contributed by atoms with Gasteiger partial charge < -0.3 is 15.7 Å². The predicted molar refractivity (Wildman–Crippen MR) is 145 cm³/mol. The summed E-state index contributed by atoms with van der Waals surface area (Å²) < 4.78 is 0. The van der Waals surface area contributed by atoms with E-state index in [4.69, 9.17) is 5.11 Å². The monoisotopic (exact) mass is 492 g/mol. The molecule has 2 atom stereocenters. The first-order chi connectivity index (χ1) is 16.9. The number of aryl methyl sites for hydroxylation is 1. The second-order valence-electron chi connectivity index (χ2n) is 9.06. The molecule has 3 rings (SSSR count). The first-order valence-corrected chi connectivity index (χ1v) is 13.2. The van der Waals surface area contributed by atoms with E-state index in [0.717, 1.165) is 12.1 Å². The van der Waals surface area contributed by atoms with Gasteiger partial charge in [-0.15, -0.1) is 11.3 Å². The van der Waals surface area contributed by atoms with Crippen molar-refractivity contribution in [2.45, 2.75) is 58.9 Å². The minimum absolute atomic E-state index is 0.0893. The lowest BCUT2D eigenvalue weighted by Crippen LogP contribution is -2.26. The second kappa shape index (κ2) is 13.1. The number of unbranched alkanes of at least 4 members (excludes halogenated alkanes) is 2. The molecule has 1 heterocycles. The van der Waals surface area contributed by atoms with Crippen molar-refractivity contribution in [1.82, 2.24) is 5.32 Å². The molecular formula is C29H36N2O3S. The molecule has 35 heavy (non-hydrogen) atoms. The normalized spacial score (nSPS) is 12.7. The van der Waals surface area contributed by atoms with Crippen molar-refractivity contribution in [2.75, 3.05) is 11.9 Å². The van der Waals surface area contributed by atoms with Gasteiger partial charge >= 0.3 is 5.97 Å². The number of anilines is 1. The van der Waals surface area contributed by atoms with E-state index in [2.05, 4.69) is 61.7 Å². The highest BCUT2D eigenvalue weighted by Crippen LogP contribution is 2.39. The Kier molecular flexibility index (Phi) is 9.91. The third kappa shape index (κ3) is 7.69. The molecule has 186 valence electrons. The van der Waals surface area contributed by atoms with Crippen molar-refractivity contribution in [3.63, 3.8) is 0 Å². The number of thiophene rings is 1. The molecular weight excluding hydrogens is 456 g/mol. The van der Waals surface area contributed by atoms with E-state index < -0.39 is 5.97 Å². The fourth-order valence-electron chi connectivity index (χ4n) is 4.24. The van der Waals surface area contributed by atoms with Crippen LogP contribution in [0.25, 0.3) is 10.4 Å². The number of carbonyl (C=O) groups is 2. The Morgan fingerprint density at radius 2 is 1.74 bits per heavy atom. The van der Waals surface area contributed by atoms with Gasteiger partial charge in [-0.1, -0.05) is 63.4 Å². The Hall–Kier alpha value is -3.12. The van der Waals surface area contributed by atoms with Gasteiger partial charge in [0.2, 0.25) is 0 Å². The molecule has 0 aliphatic rings. The van der Waals surface area contributed by atoms with Crippen LogP contribution in [0.4, 0.5) is 5.69 Å². The van der Waals surface area contributed by atoms with Crippen molar-refractivity contribution >= 4 is 28.9 Å². The average Bonchev–Trinajstić information content (AvgIpc) is 3.24. The minimum Gasteiger partial charge on any atom is -0.481 e. The molecule has 0 aliphatic carbocycles. The van der Waals surface area contributed by atoms with Crippen molar-refractivity contribution < 1.29 is 14.7 Å². The van der Waals surface area contributed by atoms with Crippen LogP contribution in [-0.4, -0.2) is 23.5 Å². The first kappa shape index (κ1) is 26.5. The fraction of sp³-hybridized carbons (Fsp3) is 0.379. The number of amides is 1. The summed E-state index contributed by atoms with van der Waals surface area (Å²) in [7, 11) is 0. The van der Waals surface area contributed by atoms with E-state index in [9.17, 15) is 9.59 Å². The highest BCUT2D eigenvalue weighted by Gasteiger charge is 2.23. The number of carbonyl (C=O) groups excluding carboxylic acids is 1. The number of rotatable bonds is 13. The fourth-order valence-corrected chi connectivity index (χ4v) is 5.31. The van der Waals surface area contributed by atoms with Gasteiger partial charge in [0, 0.05) is 27.5 Å². The van der Waals surface area contributed by atoms with E-state index >= 15 is 0 Å². The molecule has 0 aliphatic heterocycles. The summed E-state index contributed by atoms with van der Waals surface area (Å²) in [6.45, 7) is 6.86. The molecule has 2 aromatic carbocycles. The average molecular weight is 493 g/mol. The van der Waals surface area contributed by atoms with Gasteiger partial charge in [0.15, 0.2) is 0 Å². The highest BCUT2D eigenvalue weighted by molar-refractivity contribution is 7.15. The Labute approximate surface area is 212 Å². The van der Waals surface area contributed by atoms with E-state index in [1.807, 2.05) is 29.5 Å². The Balaban J connectivity index is 1.79. The number of carboxylic acids is 1. The van der Waals surface area contributed by atoms with Crippen molar-refractivity contribution in [2.24, 2.45) is 5.92 Å². The lowest BCUT2D eigenvalue weighted by atomic mass is 9.89. The molecule has 0 saturated carbocycles. The SMILES string of the molecule is CCCCCC(C)C(Nc1ccc(C(=O)NCCC(=O)O)cc1)c1cc(-c2ccccc2)sc1C.